The zero-order chi connectivity index (χ0) is 20.4. The van der Waals surface area contributed by atoms with Crippen molar-refractivity contribution in [3.05, 3.63) is 64.7 Å². The molecule has 10 nitrogen and oxygen atoms in total. The summed E-state index contributed by atoms with van der Waals surface area (Å²) in [4.78, 5) is 26.1. The number of para-hydroxylation sites is 1. The number of hydrogen-bond donors (Lipinski definition) is 5. The van der Waals surface area contributed by atoms with Crippen molar-refractivity contribution in [2.45, 2.75) is 18.9 Å². The van der Waals surface area contributed by atoms with Crippen molar-refractivity contribution in [2.24, 2.45) is 16.5 Å². The van der Waals surface area contributed by atoms with Gasteiger partial charge in [0.1, 0.15) is 0 Å². The van der Waals surface area contributed by atoms with Crippen molar-refractivity contribution < 1.29 is 9.83 Å². The first kappa shape index (κ1) is 20.6. The second kappa shape index (κ2) is 10.5. The molecule has 0 fully saturated rings. The van der Waals surface area contributed by atoms with Crippen molar-refractivity contribution in [3.8, 4) is 0 Å². The summed E-state index contributed by atoms with van der Waals surface area (Å²) in [6.45, 7) is 0.230. The summed E-state index contributed by atoms with van der Waals surface area (Å²) in [6.07, 6.45) is 0.837. The number of nitrogens with one attached hydrogen (secondary N) is 3. The number of carbonyl (C=O) groups is 1. The van der Waals surface area contributed by atoms with Gasteiger partial charge in [0.15, 0.2) is 5.03 Å². The molecule has 0 saturated carbocycles. The Balaban J connectivity index is 1.76. The quantitative estimate of drug-likeness (QED) is 0.144. The molecule has 1 amide bonds. The van der Waals surface area contributed by atoms with Gasteiger partial charge in [0, 0.05) is 23.6 Å². The number of amides is 1. The largest absolute Gasteiger partial charge is 0.365 e. The van der Waals surface area contributed by atoms with Crippen LogP contribution < -0.4 is 27.5 Å². The number of benzene rings is 2. The van der Waals surface area contributed by atoms with E-state index in [-0.39, 0.29) is 18.4 Å². The molecule has 0 unspecified atom stereocenters. The van der Waals surface area contributed by atoms with Crippen LogP contribution in [-0.4, -0.2) is 29.5 Å². The van der Waals surface area contributed by atoms with Crippen LogP contribution in [0.4, 0.5) is 17.1 Å². The summed E-state index contributed by atoms with van der Waals surface area (Å²) in [7, 11) is 0. The van der Waals surface area contributed by atoms with Gasteiger partial charge in [0.05, 0.1) is 6.04 Å². The van der Waals surface area contributed by atoms with Crippen LogP contribution in [0.1, 0.15) is 12.8 Å². The number of anilines is 3. The van der Waals surface area contributed by atoms with Crippen LogP contribution in [0.5, 0.6) is 0 Å². The summed E-state index contributed by atoms with van der Waals surface area (Å²) in [5.41, 5.74) is 15.4. The predicted molar refractivity (Wildman–Crippen MR) is 109 cm³/mol. The standard InChI is InChI=1S/C18H23N7O3/c19-16(7-4-12-21-18(20)24-25(27)28)17(26)23-15-10-8-14(9-11-15)22-13-5-2-1-3-6-13/h1-3,5-6,8-11,16,22H,4,7,12,19H2,(H,23,26)(H3,20,21,24)/t16-/m0/s1. The van der Waals surface area contributed by atoms with E-state index in [2.05, 4.69) is 15.6 Å². The van der Waals surface area contributed by atoms with Crippen molar-refractivity contribution >= 4 is 28.9 Å². The van der Waals surface area contributed by atoms with Gasteiger partial charge in [-0.15, -0.1) is 0 Å². The third-order valence-electron chi connectivity index (χ3n) is 3.71. The average molecular weight is 385 g/mol. The van der Waals surface area contributed by atoms with Crippen LogP contribution in [0.15, 0.2) is 59.6 Å². The van der Waals surface area contributed by atoms with Crippen LogP contribution in [0.25, 0.3) is 0 Å². The Hall–Kier alpha value is -3.66. The average Bonchev–Trinajstić information content (AvgIpc) is 2.67. The van der Waals surface area contributed by atoms with Gasteiger partial charge in [-0.25, -0.2) is 15.1 Å². The third kappa shape index (κ3) is 7.30. The van der Waals surface area contributed by atoms with Gasteiger partial charge in [0.2, 0.25) is 5.91 Å². The fraction of sp³-hybridized carbons (Fsp3) is 0.222. The van der Waals surface area contributed by atoms with E-state index < -0.39 is 11.1 Å². The number of nitro groups is 1. The molecule has 0 aliphatic rings. The Labute approximate surface area is 162 Å². The molecule has 148 valence electrons. The highest BCUT2D eigenvalue weighted by atomic mass is 16.7. The number of hydrazine groups is 1. The van der Waals surface area contributed by atoms with E-state index >= 15 is 0 Å². The van der Waals surface area contributed by atoms with E-state index in [1.54, 1.807) is 17.6 Å². The molecular formula is C18H23N7O3. The Morgan fingerprint density at radius 2 is 1.68 bits per heavy atom. The Morgan fingerprint density at radius 3 is 2.32 bits per heavy atom. The van der Waals surface area contributed by atoms with Crippen molar-refractivity contribution in [2.75, 3.05) is 17.2 Å². The van der Waals surface area contributed by atoms with E-state index in [1.807, 2.05) is 42.5 Å². The molecule has 0 spiro atoms. The zero-order valence-corrected chi connectivity index (χ0v) is 15.2. The number of rotatable bonds is 9. The molecule has 0 aliphatic heterocycles. The van der Waals surface area contributed by atoms with E-state index in [9.17, 15) is 14.9 Å². The highest BCUT2D eigenvalue weighted by molar-refractivity contribution is 5.94. The molecule has 0 radical (unpaired) electrons. The molecule has 2 rings (SSSR count). The van der Waals surface area contributed by atoms with Crippen LogP contribution >= 0.6 is 0 Å². The number of nitrogens with two attached hydrogens (primary N) is 2. The maximum atomic E-state index is 12.1. The lowest BCUT2D eigenvalue weighted by atomic mass is 10.1. The molecule has 2 aromatic carbocycles. The Bertz CT molecular complexity index is 810. The molecule has 28 heavy (non-hydrogen) atoms. The molecule has 1 atom stereocenters. The monoisotopic (exact) mass is 385 g/mol. The van der Waals surface area contributed by atoms with Gasteiger partial charge in [-0.2, -0.15) is 0 Å². The molecule has 0 saturated heterocycles. The maximum absolute atomic E-state index is 12.1. The van der Waals surface area contributed by atoms with Crippen LogP contribution in [0, 0.1) is 10.1 Å². The third-order valence-corrected chi connectivity index (χ3v) is 3.71. The minimum Gasteiger partial charge on any atom is -0.365 e. The summed E-state index contributed by atoms with van der Waals surface area (Å²) in [5.74, 6) is -0.601. The van der Waals surface area contributed by atoms with Gasteiger partial charge in [-0.3, -0.25) is 4.79 Å². The molecule has 0 bridgehead atoms. The van der Waals surface area contributed by atoms with Crippen molar-refractivity contribution in [3.63, 3.8) is 0 Å². The molecular weight excluding hydrogens is 362 g/mol. The number of aliphatic imine (C=N–C) groups is 1. The van der Waals surface area contributed by atoms with E-state index in [4.69, 9.17) is 11.5 Å². The zero-order valence-electron chi connectivity index (χ0n) is 15.2. The first-order valence-corrected chi connectivity index (χ1v) is 8.63. The predicted octanol–water partition coefficient (Wildman–Crippen LogP) is 1.57. The van der Waals surface area contributed by atoms with Gasteiger partial charge >= 0.3 is 0 Å². The Morgan fingerprint density at radius 1 is 1.07 bits per heavy atom. The normalized spacial score (nSPS) is 12.1. The SMILES string of the molecule is NC(=NCCC[C@H](N)C(=O)Nc1ccc(Nc2ccccc2)cc1)N[N+](=O)[O-]. The van der Waals surface area contributed by atoms with Gasteiger partial charge < -0.3 is 22.1 Å². The molecule has 0 heterocycles. The molecule has 2 aromatic rings. The molecule has 0 aliphatic carbocycles. The van der Waals surface area contributed by atoms with Gasteiger partial charge in [-0.1, -0.05) is 23.6 Å². The molecule has 10 heteroatoms. The number of carbonyl (C=O) groups excluding carboxylic acids is 1. The molecule has 0 aromatic heterocycles. The smallest absolute Gasteiger partial charge is 0.251 e. The lowest BCUT2D eigenvalue weighted by Gasteiger charge is -2.12. The minimum atomic E-state index is -0.793. The fourth-order valence-corrected chi connectivity index (χ4v) is 2.33. The lowest BCUT2D eigenvalue weighted by Crippen LogP contribution is -2.37. The first-order chi connectivity index (χ1) is 13.4. The highest BCUT2D eigenvalue weighted by Crippen LogP contribution is 2.18. The first-order valence-electron chi connectivity index (χ1n) is 8.63. The minimum absolute atomic E-state index is 0.230. The summed E-state index contributed by atoms with van der Waals surface area (Å²) >= 11 is 0. The van der Waals surface area contributed by atoms with Gasteiger partial charge in [0.25, 0.3) is 5.96 Å². The van der Waals surface area contributed by atoms with Gasteiger partial charge in [-0.05, 0) is 49.2 Å². The maximum Gasteiger partial charge on any atom is 0.251 e. The lowest BCUT2D eigenvalue weighted by molar-refractivity contribution is -0.525. The number of hydrogen-bond acceptors (Lipinski definition) is 6. The van der Waals surface area contributed by atoms with Crippen LogP contribution in [-0.2, 0) is 4.79 Å². The topological polar surface area (TPSA) is 161 Å². The fourth-order valence-electron chi connectivity index (χ4n) is 2.33. The van der Waals surface area contributed by atoms with Crippen LogP contribution in [0.2, 0.25) is 0 Å². The second-order valence-electron chi connectivity index (χ2n) is 5.94. The summed E-state index contributed by atoms with van der Waals surface area (Å²) in [5, 5.41) is 15.4. The number of guanidine groups is 1. The molecule has 7 N–H and O–H groups in total. The summed E-state index contributed by atoms with van der Waals surface area (Å²) < 4.78 is 0. The summed E-state index contributed by atoms with van der Waals surface area (Å²) in [6, 6.07) is 16.3. The van der Waals surface area contributed by atoms with Crippen molar-refractivity contribution in [1.82, 2.24) is 5.43 Å². The van der Waals surface area contributed by atoms with Crippen molar-refractivity contribution in [1.29, 1.82) is 0 Å². The highest BCUT2D eigenvalue weighted by Gasteiger charge is 2.13. The van der Waals surface area contributed by atoms with E-state index in [1.165, 1.54) is 0 Å². The van der Waals surface area contributed by atoms with E-state index in [0.717, 1.165) is 11.4 Å². The van der Waals surface area contributed by atoms with Crippen LogP contribution in [0.3, 0.4) is 0 Å². The van der Waals surface area contributed by atoms with E-state index in [0.29, 0.717) is 18.5 Å². The Kier molecular flexibility index (Phi) is 7.73. The second-order valence-corrected chi connectivity index (χ2v) is 5.94. The number of nitrogens with zero attached hydrogens (tertiary/aromatic N) is 2.